The van der Waals surface area contributed by atoms with Crippen LogP contribution in [0.3, 0.4) is 0 Å². The maximum absolute atomic E-state index is 2.50. The molecular formula is C41H77ClN2. The molecule has 0 saturated heterocycles. The van der Waals surface area contributed by atoms with Crippen molar-refractivity contribution in [1.82, 2.24) is 4.57 Å². The normalized spacial score (nSPS) is 11.8. The highest BCUT2D eigenvalue weighted by Crippen LogP contribution is 2.23. The number of allylic oxidation sites excluding steroid dienone is 4. The maximum Gasteiger partial charge on any atom is 0.243 e. The van der Waals surface area contributed by atoms with Gasteiger partial charge in [-0.05, 0) is 77.0 Å². The summed E-state index contributed by atoms with van der Waals surface area (Å²) in [5, 5.41) is 0. The van der Waals surface area contributed by atoms with Crippen LogP contribution in [0.2, 0.25) is 0 Å². The summed E-state index contributed by atoms with van der Waals surface area (Å²) < 4.78 is 4.70. The first-order valence-corrected chi connectivity index (χ1v) is 19.6. The molecule has 1 heterocycles. The number of unbranched alkanes of at least 4 members (excludes halogenated alkanes) is 24. The van der Waals surface area contributed by atoms with Crippen LogP contribution in [0.1, 0.15) is 213 Å². The highest BCUT2D eigenvalue weighted by atomic mass is 35.5. The van der Waals surface area contributed by atoms with Crippen LogP contribution < -0.4 is 17.0 Å². The molecule has 0 aromatic carbocycles. The zero-order valence-corrected chi connectivity index (χ0v) is 30.9. The van der Waals surface area contributed by atoms with Crippen LogP contribution in [0, 0.1) is 0 Å². The molecule has 0 spiro atoms. The SMILES string of the molecule is CCCCCCCC/C=C\CCCCCCCCC(CCCCCCCC/C=C\CCCCCCCC)n1cc[n+](C)c1.[Cl-]. The number of aromatic nitrogens is 2. The first-order chi connectivity index (χ1) is 21.3. The summed E-state index contributed by atoms with van der Waals surface area (Å²) in [7, 11) is 2.15. The molecular weight excluding hydrogens is 556 g/mol. The Morgan fingerprint density at radius 2 is 0.795 bits per heavy atom. The minimum atomic E-state index is 0. The van der Waals surface area contributed by atoms with Gasteiger partial charge in [-0.25, -0.2) is 9.13 Å². The Morgan fingerprint density at radius 3 is 1.11 bits per heavy atom. The van der Waals surface area contributed by atoms with Crippen molar-refractivity contribution in [3.05, 3.63) is 43.0 Å². The van der Waals surface area contributed by atoms with Crippen molar-refractivity contribution in [2.24, 2.45) is 7.05 Å². The lowest BCUT2D eigenvalue weighted by Gasteiger charge is -2.14. The van der Waals surface area contributed by atoms with E-state index in [1.807, 2.05) is 0 Å². The molecule has 0 amide bonds. The molecule has 1 rings (SSSR count). The van der Waals surface area contributed by atoms with Gasteiger partial charge in [-0.2, -0.15) is 0 Å². The lowest BCUT2D eigenvalue weighted by atomic mass is 9.99. The molecule has 0 N–H and O–H groups in total. The highest BCUT2D eigenvalue weighted by molar-refractivity contribution is 4.82. The molecule has 258 valence electrons. The Morgan fingerprint density at radius 1 is 0.477 bits per heavy atom. The smallest absolute Gasteiger partial charge is 0.243 e. The van der Waals surface area contributed by atoms with E-state index in [4.69, 9.17) is 0 Å². The van der Waals surface area contributed by atoms with Crippen molar-refractivity contribution >= 4 is 0 Å². The van der Waals surface area contributed by atoms with Crippen LogP contribution >= 0.6 is 0 Å². The summed E-state index contributed by atoms with van der Waals surface area (Å²) in [5.74, 6) is 0. The zero-order valence-electron chi connectivity index (χ0n) is 30.1. The number of halogens is 1. The number of aryl methyl sites for hydroxylation is 1. The van der Waals surface area contributed by atoms with E-state index in [1.54, 1.807) is 0 Å². The highest BCUT2D eigenvalue weighted by Gasteiger charge is 2.15. The molecule has 0 radical (unpaired) electrons. The maximum atomic E-state index is 2.50. The fraction of sp³-hybridized carbons (Fsp3) is 0.829. The van der Waals surface area contributed by atoms with Gasteiger partial charge in [-0.3, -0.25) is 0 Å². The monoisotopic (exact) mass is 633 g/mol. The third-order valence-corrected chi connectivity index (χ3v) is 9.31. The molecule has 0 saturated carbocycles. The number of imidazole rings is 1. The third kappa shape index (κ3) is 28.5. The number of nitrogens with zero attached hydrogens (tertiary/aromatic N) is 2. The van der Waals surface area contributed by atoms with Crippen LogP contribution in [0.15, 0.2) is 43.0 Å². The van der Waals surface area contributed by atoms with E-state index in [0.29, 0.717) is 6.04 Å². The summed E-state index contributed by atoms with van der Waals surface area (Å²) in [6.07, 6.45) is 58.2. The van der Waals surface area contributed by atoms with Gasteiger partial charge in [0.25, 0.3) is 0 Å². The second kappa shape index (κ2) is 34.8. The van der Waals surface area contributed by atoms with Crippen molar-refractivity contribution in [3.8, 4) is 0 Å². The van der Waals surface area contributed by atoms with E-state index in [2.05, 4.69) is 73.1 Å². The van der Waals surface area contributed by atoms with Crippen molar-refractivity contribution < 1.29 is 17.0 Å². The standard InChI is InChI=1S/C41H77N2.ClH/c1-4-6-8-10-12-14-16-18-20-22-24-26-28-30-32-34-36-41(43-39-38-42(3)40-43)37-35-33-31-29-27-25-23-21-19-17-15-13-11-9-7-5-2;/h18-21,38-41H,4-17,22-37H2,1-3H3;1H/q+1;/p-1/b20-18-,21-19-;. The fourth-order valence-electron chi connectivity index (χ4n) is 6.38. The molecule has 0 aliphatic heterocycles. The number of rotatable bonds is 33. The molecule has 2 nitrogen and oxygen atoms in total. The molecule has 0 atom stereocenters. The summed E-state index contributed by atoms with van der Waals surface area (Å²) in [5.41, 5.74) is 0. The van der Waals surface area contributed by atoms with Gasteiger partial charge in [-0.15, -0.1) is 0 Å². The van der Waals surface area contributed by atoms with Crippen molar-refractivity contribution in [2.45, 2.75) is 213 Å². The van der Waals surface area contributed by atoms with E-state index in [0.717, 1.165) is 0 Å². The molecule has 1 aromatic heterocycles. The quantitative estimate of drug-likeness (QED) is 0.0414. The Bertz CT molecular complexity index is 695. The molecule has 0 aliphatic carbocycles. The van der Waals surface area contributed by atoms with Gasteiger partial charge in [0.15, 0.2) is 0 Å². The van der Waals surface area contributed by atoms with Crippen LogP contribution in [0.5, 0.6) is 0 Å². The van der Waals surface area contributed by atoms with Crippen LogP contribution in [-0.2, 0) is 7.05 Å². The second-order valence-corrected chi connectivity index (χ2v) is 13.6. The van der Waals surface area contributed by atoms with Crippen molar-refractivity contribution in [2.75, 3.05) is 0 Å². The average molecular weight is 634 g/mol. The molecule has 1 aromatic rings. The van der Waals surface area contributed by atoms with Crippen molar-refractivity contribution in [3.63, 3.8) is 0 Å². The first kappa shape index (κ1) is 43.0. The zero-order chi connectivity index (χ0) is 30.9. The van der Waals surface area contributed by atoms with Crippen LogP contribution in [0.25, 0.3) is 0 Å². The van der Waals surface area contributed by atoms with Crippen LogP contribution in [-0.4, -0.2) is 4.57 Å². The number of hydrogen-bond acceptors (Lipinski definition) is 0. The van der Waals surface area contributed by atoms with E-state index in [1.165, 1.54) is 193 Å². The number of hydrogen-bond donors (Lipinski definition) is 0. The Kier molecular flexibility index (Phi) is 34.0. The van der Waals surface area contributed by atoms with E-state index in [-0.39, 0.29) is 12.4 Å². The molecule has 0 aliphatic rings. The minimum absolute atomic E-state index is 0. The second-order valence-electron chi connectivity index (χ2n) is 13.6. The third-order valence-electron chi connectivity index (χ3n) is 9.31. The predicted molar refractivity (Wildman–Crippen MR) is 193 cm³/mol. The van der Waals surface area contributed by atoms with E-state index >= 15 is 0 Å². The molecule has 44 heavy (non-hydrogen) atoms. The summed E-state index contributed by atoms with van der Waals surface area (Å²) in [4.78, 5) is 0. The minimum Gasteiger partial charge on any atom is -1.00 e. The van der Waals surface area contributed by atoms with Gasteiger partial charge >= 0.3 is 0 Å². The van der Waals surface area contributed by atoms with Gasteiger partial charge in [0, 0.05) is 0 Å². The van der Waals surface area contributed by atoms with E-state index in [9.17, 15) is 0 Å². The van der Waals surface area contributed by atoms with Gasteiger partial charge in [0.1, 0.15) is 18.4 Å². The summed E-state index contributed by atoms with van der Waals surface area (Å²) in [6.45, 7) is 4.59. The topological polar surface area (TPSA) is 8.81 Å². The lowest BCUT2D eigenvalue weighted by molar-refractivity contribution is -0.671. The van der Waals surface area contributed by atoms with Gasteiger partial charge in [0.2, 0.25) is 6.33 Å². The van der Waals surface area contributed by atoms with Gasteiger partial charge < -0.3 is 12.4 Å². The summed E-state index contributed by atoms with van der Waals surface area (Å²) >= 11 is 0. The molecule has 0 bridgehead atoms. The first-order valence-electron chi connectivity index (χ1n) is 19.6. The Balaban J connectivity index is 0.0000185. The predicted octanol–water partition coefficient (Wildman–Crippen LogP) is 10.7. The largest absolute Gasteiger partial charge is 1.00 e. The average Bonchev–Trinajstić information content (AvgIpc) is 3.45. The molecule has 0 fully saturated rings. The Labute approximate surface area is 283 Å². The lowest BCUT2D eigenvalue weighted by Crippen LogP contribution is -3.00. The Hall–Kier alpha value is -1.02. The van der Waals surface area contributed by atoms with Crippen LogP contribution in [0.4, 0.5) is 0 Å². The fourth-order valence-corrected chi connectivity index (χ4v) is 6.38. The van der Waals surface area contributed by atoms with Gasteiger partial charge in [-0.1, -0.05) is 154 Å². The summed E-state index contributed by atoms with van der Waals surface area (Å²) in [6, 6.07) is 0.690. The van der Waals surface area contributed by atoms with Gasteiger partial charge in [0.05, 0.1) is 7.05 Å². The molecule has 0 unspecified atom stereocenters. The molecule has 3 heteroatoms. The van der Waals surface area contributed by atoms with E-state index < -0.39 is 0 Å². The van der Waals surface area contributed by atoms with Crippen molar-refractivity contribution in [1.29, 1.82) is 0 Å².